The molecule has 0 rings (SSSR count). The molecule has 0 saturated carbocycles. The van der Waals surface area contributed by atoms with Crippen LogP contribution in [0, 0.1) is 0 Å². The summed E-state index contributed by atoms with van der Waals surface area (Å²) in [4.78, 5) is 22.5. The number of rotatable bonds is 8. The van der Waals surface area contributed by atoms with Crippen molar-refractivity contribution in [2.45, 2.75) is 52.4 Å². The van der Waals surface area contributed by atoms with Gasteiger partial charge in [-0.05, 0) is 25.7 Å². The third kappa shape index (κ3) is 4.96. The molecule has 0 aromatic rings. The first-order valence-electron chi connectivity index (χ1n) is 5.86. The predicted molar refractivity (Wildman–Crippen MR) is 64.5 cm³/mol. The van der Waals surface area contributed by atoms with Gasteiger partial charge in [0.25, 0.3) is 0 Å². The molecule has 0 heterocycles. The third-order valence-electron chi connectivity index (χ3n) is 2.52. The molecule has 4 heteroatoms. The zero-order valence-electron chi connectivity index (χ0n) is 10.2. The van der Waals surface area contributed by atoms with E-state index in [1.54, 1.807) is 0 Å². The second kappa shape index (κ2) is 7.91. The van der Waals surface area contributed by atoms with E-state index in [1.165, 1.54) is 0 Å². The number of nitrogens with two attached hydrogens (primary N) is 2. The Morgan fingerprint density at radius 2 is 1.12 bits per heavy atom. The number of hydrogen-bond donors (Lipinski definition) is 2. The summed E-state index contributed by atoms with van der Waals surface area (Å²) in [7, 11) is 0. The molecule has 0 bridgehead atoms. The van der Waals surface area contributed by atoms with Crippen molar-refractivity contribution in [1.29, 1.82) is 0 Å². The van der Waals surface area contributed by atoms with Crippen molar-refractivity contribution in [2.24, 2.45) is 11.5 Å². The zero-order chi connectivity index (χ0) is 12.6. The van der Waals surface area contributed by atoms with E-state index >= 15 is 0 Å². The molecule has 0 unspecified atom stereocenters. The summed E-state index contributed by atoms with van der Waals surface area (Å²) in [5.41, 5.74) is 11.4. The molecular formula is C12H22N2O2. The fourth-order valence-electron chi connectivity index (χ4n) is 1.55. The van der Waals surface area contributed by atoms with Crippen LogP contribution in [0.4, 0.5) is 0 Å². The van der Waals surface area contributed by atoms with Crippen molar-refractivity contribution in [2.75, 3.05) is 0 Å². The Morgan fingerprint density at radius 1 is 0.812 bits per heavy atom. The van der Waals surface area contributed by atoms with Crippen molar-refractivity contribution >= 4 is 11.8 Å². The minimum absolute atomic E-state index is 0.419. The lowest BCUT2D eigenvalue weighted by Gasteiger charge is -2.09. The molecule has 0 fully saturated rings. The summed E-state index contributed by atoms with van der Waals surface area (Å²) in [6.45, 7) is 4.04. The van der Waals surface area contributed by atoms with Gasteiger partial charge in [0.05, 0.1) is 0 Å². The Kier molecular flexibility index (Phi) is 7.25. The number of hydrogen-bond acceptors (Lipinski definition) is 2. The molecule has 0 aromatic carbocycles. The maximum Gasteiger partial charge on any atom is 0.245 e. The van der Waals surface area contributed by atoms with Gasteiger partial charge in [0.15, 0.2) is 0 Å². The van der Waals surface area contributed by atoms with Gasteiger partial charge >= 0.3 is 0 Å². The minimum Gasteiger partial charge on any atom is -0.366 e. The van der Waals surface area contributed by atoms with Crippen molar-refractivity contribution in [1.82, 2.24) is 0 Å². The Bertz CT molecular complexity index is 255. The van der Waals surface area contributed by atoms with E-state index in [2.05, 4.69) is 0 Å². The number of unbranched alkanes of at least 4 members (excludes halogenated alkanes) is 2. The molecule has 2 amide bonds. The van der Waals surface area contributed by atoms with Gasteiger partial charge < -0.3 is 11.5 Å². The maximum atomic E-state index is 11.3. The van der Waals surface area contributed by atoms with E-state index in [4.69, 9.17) is 11.5 Å². The highest BCUT2D eigenvalue weighted by Crippen LogP contribution is 2.17. The molecule has 4 nitrogen and oxygen atoms in total. The van der Waals surface area contributed by atoms with Crippen LogP contribution in [-0.4, -0.2) is 11.8 Å². The highest BCUT2D eigenvalue weighted by molar-refractivity contribution is 6.03. The largest absolute Gasteiger partial charge is 0.366 e. The van der Waals surface area contributed by atoms with E-state index in [1.807, 2.05) is 13.8 Å². The Morgan fingerprint density at radius 3 is 1.31 bits per heavy atom. The summed E-state index contributed by atoms with van der Waals surface area (Å²) in [5, 5.41) is 0. The molecule has 0 saturated heterocycles. The van der Waals surface area contributed by atoms with Crippen molar-refractivity contribution in [3.8, 4) is 0 Å². The Balaban J connectivity index is 4.94. The second-order valence-corrected chi connectivity index (χ2v) is 3.89. The van der Waals surface area contributed by atoms with Crippen molar-refractivity contribution < 1.29 is 9.59 Å². The average molecular weight is 226 g/mol. The summed E-state index contributed by atoms with van der Waals surface area (Å²) in [6, 6.07) is 0. The van der Waals surface area contributed by atoms with Crippen LogP contribution in [0.1, 0.15) is 52.4 Å². The first-order chi connectivity index (χ1) is 7.54. The van der Waals surface area contributed by atoms with Crippen LogP contribution in [0.3, 0.4) is 0 Å². The van der Waals surface area contributed by atoms with Crippen LogP contribution in [0.5, 0.6) is 0 Å². The number of primary amides is 2. The van der Waals surface area contributed by atoms with Gasteiger partial charge in [-0.3, -0.25) is 9.59 Å². The van der Waals surface area contributed by atoms with Gasteiger partial charge in [0.2, 0.25) is 11.8 Å². The topological polar surface area (TPSA) is 86.2 Å². The van der Waals surface area contributed by atoms with Gasteiger partial charge in [-0.15, -0.1) is 0 Å². The van der Waals surface area contributed by atoms with Gasteiger partial charge in [-0.1, -0.05) is 26.7 Å². The van der Waals surface area contributed by atoms with Crippen LogP contribution in [0.2, 0.25) is 0 Å². The molecule has 0 aromatic heterocycles. The van der Waals surface area contributed by atoms with Gasteiger partial charge in [0.1, 0.15) is 0 Å². The molecule has 4 N–H and O–H groups in total. The lowest BCUT2D eigenvalue weighted by molar-refractivity contribution is -0.117. The predicted octanol–water partition coefficient (Wildman–Crippen LogP) is 1.63. The van der Waals surface area contributed by atoms with Crippen molar-refractivity contribution in [3.63, 3.8) is 0 Å². The van der Waals surface area contributed by atoms with Crippen LogP contribution >= 0.6 is 0 Å². The molecule has 0 aliphatic rings. The fraction of sp³-hybridized carbons (Fsp3) is 0.667. The standard InChI is InChI=1S/C12H22N2O2/c1-3-5-7-9(11(13)15)10(12(14)16)8-6-4-2/h3-8H2,1-2H3,(H2,13,15)(H2,14,16)/b10-9+. The Hall–Kier alpha value is -1.32. The van der Waals surface area contributed by atoms with E-state index in [0.717, 1.165) is 25.7 Å². The van der Waals surface area contributed by atoms with Crippen LogP contribution in [-0.2, 0) is 9.59 Å². The third-order valence-corrected chi connectivity index (χ3v) is 2.52. The van der Waals surface area contributed by atoms with E-state index in [9.17, 15) is 9.59 Å². The highest BCUT2D eigenvalue weighted by atomic mass is 16.2. The first-order valence-corrected chi connectivity index (χ1v) is 5.86. The van der Waals surface area contributed by atoms with E-state index < -0.39 is 11.8 Å². The molecule has 16 heavy (non-hydrogen) atoms. The fourth-order valence-corrected chi connectivity index (χ4v) is 1.55. The summed E-state index contributed by atoms with van der Waals surface area (Å²) >= 11 is 0. The van der Waals surface area contributed by atoms with Crippen LogP contribution in [0.15, 0.2) is 11.1 Å². The molecule has 0 aliphatic heterocycles. The second-order valence-electron chi connectivity index (χ2n) is 3.89. The normalized spacial score (nSPS) is 12.1. The van der Waals surface area contributed by atoms with Gasteiger partial charge in [-0.2, -0.15) is 0 Å². The minimum atomic E-state index is -0.515. The van der Waals surface area contributed by atoms with Crippen LogP contribution < -0.4 is 11.5 Å². The smallest absolute Gasteiger partial charge is 0.245 e. The number of amides is 2. The zero-order valence-corrected chi connectivity index (χ0v) is 10.2. The molecule has 0 aliphatic carbocycles. The molecular weight excluding hydrogens is 204 g/mol. The van der Waals surface area contributed by atoms with E-state index in [0.29, 0.717) is 24.0 Å². The van der Waals surface area contributed by atoms with Crippen LogP contribution in [0.25, 0.3) is 0 Å². The molecule has 92 valence electrons. The first kappa shape index (κ1) is 14.7. The monoisotopic (exact) mass is 226 g/mol. The van der Waals surface area contributed by atoms with Crippen molar-refractivity contribution in [3.05, 3.63) is 11.1 Å². The average Bonchev–Trinajstić information content (AvgIpc) is 2.21. The lowest BCUT2D eigenvalue weighted by atomic mass is 9.97. The molecule has 0 spiro atoms. The summed E-state index contributed by atoms with van der Waals surface area (Å²) in [5.74, 6) is -1.03. The number of carbonyl (C=O) groups is 2. The number of carbonyl (C=O) groups excluding carboxylic acids is 2. The SMILES string of the molecule is CCCC/C(C(N)=O)=C(/CCCC)C(N)=O. The Labute approximate surface area is 97.1 Å². The van der Waals surface area contributed by atoms with E-state index in [-0.39, 0.29) is 0 Å². The quantitative estimate of drug-likeness (QED) is 0.616. The van der Waals surface area contributed by atoms with Gasteiger partial charge in [-0.25, -0.2) is 0 Å². The highest BCUT2D eigenvalue weighted by Gasteiger charge is 2.16. The molecule has 0 radical (unpaired) electrons. The summed E-state index contributed by atoms with van der Waals surface area (Å²) < 4.78 is 0. The maximum absolute atomic E-state index is 11.3. The molecule has 0 atom stereocenters. The summed E-state index contributed by atoms with van der Waals surface area (Å²) in [6.07, 6.45) is 4.71. The van der Waals surface area contributed by atoms with Gasteiger partial charge in [0, 0.05) is 11.1 Å². The lowest BCUT2D eigenvalue weighted by Crippen LogP contribution is -2.23.